The van der Waals surface area contributed by atoms with Crippen LogP contribution in [0.5, 0.6) is 0 Å². The van der Waals surface area contributed by atoms with E-state index >= 15 is 0 Å². The van der Waals surface area contributed by atoms with Gasteiger partial charge in [0.25, 0.3) is 10.1 Å². The van der Waals surface area contributed by atoms with Gasteiger partial charge in [0.05, 0.1) is 12.8 Å². The lowest BCUT2D eigenvalue weighted by Crippen LogP contribution is -2.35. The highest BCUT2D eigenvalue weighted by atomic mass is 32.2. The van der Waals surface area contributed by atoms with Crippen LogP contribution < -0.4 is 5.32 Å². The van der Waals surface area contributed by atoms with Gasteiger partial charge in [0.15, 0.2) is 6.10 Å². The van der Waals surface area contributed by atoms with Crippen LogP contribution in [0.2, 0.25) is 0 Å². The van der Waals surface area contributed by atoms with Crippen molar-refractivity contribution in [1.29, 1.82) is 0 Å². The van der Waals surface area contributed by atoms with Crippen molar-refractivity contribution in [1.82, 2.24) is 5.32 Å². The zero-order valence-corrected chi connectivity index (χ0v) is 8.76. The van der Waals surface area contributed by atoms with Gasteiger partial charge >= 0.3 is 0 Å². The Morgan fingerprint density at radius 1 is 1.57 bits per heavy atom. The van der Waals surface area contributed by atoms with Crippen molar-refractivity contribution in [2.45, 2.75) is 19.4 Å². The van der Waals surface area contributed by atoms with Crippen LogP contribution in [0.25, 0.3) is 0 Å². The molecule has 0 heterocycles. The number of hydrogen-bond donors (Lipinski definition) is 1. The van der Waals surface area contributed by atoms with Gasteiger partial charge in [0, 0.05) is 6.42 Å². The van der Waals surface area contributed by atoms with E-state index < -0.39 is 16.2 Å². The minimum absolute atomic E-state index is 0.191. The van der Waals surface area contributed by atoms with Gasteiger partial charge < -0.3 is 5.32 Å². The van der Waals surface area contributed by atoms with Crippen LogP contribution in [0.15, 0.2) is 0 Å². The lowest BCUT2D eigenvalue weighted by atomic mass is 10.3. The van der Waals surface area contributed by atoms with Crippen LogP contribution in [0.4, 0.5) is 0 Å². The molecule has 0 fully saturated rings. The van der Waals surface area contributed by atoms with E-state index in [0.29, 0.717) is 0 Å². The van der Waals surface area contributed by atoms with Gasteiger partial charge in [-0.05, 0) is 0 Å². The van der Waals surface area contributed by atoms with Crippen molar-refractivity contribution >= 4 is 22.3 Å². The van der Waals surface area contributed by atoms with Crippen LogP contribution >= 0.6 is 0 Å². The molecule has 1 amide bonds. The van der Waals surface area contributed by atoms with Gasteiger partial charge in [0.1, 0.15) is 0 Å². The van der Waals surface area contributed by atoms with Crippen molar-refractivity contribution in [2.24, 2.45) is 0 Å². The summed E-state index contributed by atoms with van der Waals surface area (Å²) in [5.41, 5.74) is 0. The zero-order valence-electron chi connectivity index (χ0n) is 7.94. The molecule has 0 aromatic carbocycles. The first-order valence-electron chi connectivity index (χ1n) is 3.91. The first kappa shape index (κ1) is 13.1. The molecular weight excluding hydrogens is 210 g/mol. The summed E-state index contributed by atoms with van der Waals surface area (Å²) in [7, 11) is -3.70. The molecule has 0 saturated heterocycles. The van der Waals surface area contributed by atoms with Crippen LogP contribution in [0.3, 0.4) is 0 Å². The van der Waals surface area contributed by atoms with Gasteiger partial charge in [-0.1, -0.05) is 6.92 Å². The highest BCUT2D eigenvalue weighted by molar-refractivity contribution is 7.86. The van der Waals surface area contributed by atoms with E-state index in [4.69, 9.17) is 0 Å². The first-order chi connectivity index (χ1) is 6.39. The molecule has 14 heavy (non-hydrogen) atoms. The number of nitrogens with one attached hydrogen (secondary N) is 1. The monoisotopic (exact) mass is 222 g/mol. The highest BCUT2D eigenvalue weighted by Crippen LogP contribution is 1.93. The predicted molar refractivity (Wildman–Crippen MR) is 48.7 cm³/mol. The second-order valence-corrected chi connectivity index (χ2v) is 4.17. The standard InChI is InChI=1S/C7H12NO5S/c1-3-7(10)8-4-6(5-9)13-14(2,11)12/h6H,3-4H2,1-2H3,(H,8,10). The molecule has 7 heteroatoms. The normalized spacial score (nSPS) is 13.3. The molecule has 1 atom stereocenters. The summed E-state index contributed by atoms with van der Waals surface area (Å²) in [6.45, 7) is 1.44. The maximum absolute atomic E-state index is 10.8. The lowest BCUT2D eigenvalue weighted by molar-refractivity contribution is -0.120. The molecule has 1 N–H and O–H groups in total. The fraction of sp³-hybridized carbons (Fsp3) is 0.714. The van der Waals surface area contributed by atoms with Gasteiger partial charge in [-0.25, -0.2) is 0 Å². The predicted octanol–water partition coefficient (Wildman–Crippen LogP) is -1.03. The molecule has 0 rings (SSSR count). The molecule has 0 aliphatic heterocycles. The van der Waals surface area contributed by atoms with Crippen molar-refractivity contribution < 1.29 is 22.2 Å². The van der Waals surface area contributed by atoms with E-state index in [2.05, 4.69) is 9.50 Å². The van der Waals surface area contributed by atoms with E-state index in [1.54, 1.807) is 6.92 Å². The summed E-state index contributed by atoms with van der Waals surface area (Å²) in [4.78, 5) is 21.0. The smallest absolute Gasteiger partial charge is 0.265 e. The molecule has 6 nitrogen and oxygen atoms in total. The van der Waals surface area contributed by atoms with E-state index in [1.807, 2.05) is 0 Å². The fourth-order valence-electron chi connectivity index (χ4n) is 0.638. The van der Waals surface area contributed by atoms with E-state index in [9.17, 15) is 18.0 Å². The molecule has 0 spiro atoms. The average Bonchev–Trinajstić information content (AvgIpc) is 2.09. The number of carbonyl (C=O) groups is 1. The summed E-state index contributed by atoms with van der Waals surface area (Å²) < 4.78 is 25.5. The Morgan fingerprint density at radius 3 is 2.50 bits per heavy atom. The summed E-state index contributed by atoms with van der Waals surface area (Å²) in [6.07, 6.45) is 1.17. The molecule has 0 aliphatic rings. The summed E-state index contributed by atoms with van der Waals surface area (Å²) in [5.74, 6) is -0.289. The van der Waals surface area contributed by atoms with Crippen molar-refractivity contribution in [3.8, 4) is 0 Å². The van der Waals surface area contributed by atoms with E-state index in [-0.39, 0.29) is 18.9 Å². The van der Waals surface area contributed by atoms with Crippen molar-refractivity contribution in [3.63, 3.8) is 0 Å². The Balaban J connectivity index is 4.05. The fourth-order valence-corrected chi connectivity index (χ4v) is 1.17. The van der Waals surface area contributed by atoms with Crippen LogP contribution in [-0.4, -0.2) is 39.5 Å². The van der Waals surface area contributed by atoms with Gasteiger partial charge in [0.2, 0.25) is 12.2 Å². The Labute approximate surface area is 82.7 Å². The maximum Gasteiger partial charge on any atom is 0.265 e. The minimum Gasteiger partial charge on any atom is -0.353 e. The molecule has 1 radical (unpaired) electrons. The molecule has 0 bridgehead atoms. The minimum atomic E-state index is -3.70. The number of amides is 1. The first-order valence-corrected chi connectivity index (χ1v) is 5.73. The Bertz CT molecular complexity index is 297. The van der Waals surface area contributed by atoms with E-state index in [1.165, 1.54) is 6.29 Å². The third kappa shape index (κ3) is 6.55. The largest absolute Gasteiger partial charge is 0.353 e. The van der Waals surface area contributed by atoms with Crippen molar-refractivity contribution in [2.75, 3.05) is 12.8 Å². The maximum atomic E-state index is 10.8. The summed E-state index contributed by atoms with van der Waals surface area (Å²) >= 11 is 0. The number of hydrogen-bond acceptors (Lipinski definition) is 5. The van der Waals surface area contributed by atoms with Gasteiger partial charge in [-0.2, -0.15) is 8.42 Å². The summed E-state index contributed by atoms with van der Waals surface area (Å²) in [5, 5.41) is 2.32. The van der Waals surface area contributed by atoms with Crippen LogP contribution in [0.1, 0.15) is 13.3 Å². The molecule has 0 saturated carbocycles. The molecule has 1 unspecified atom stereocenters. The molecule has 81 valence electrons. The van der Waals surface area contributed by atoms with Crippen LogP contribution in [0, 0.1) is 0 Å². The Hall–Kier alpha value is -0.950. The topological polar surface area (TPSA) is 89.5 Å². The zero-order chi connectivity index (χ0) is 11.2. The summed E-state index contributed by atoms with van der Waals surface area (Å²) in [6, 6.07) is 0. The molecular formula is C7H12NO5S. The molecule has 0 aromatic rings. The quantitative estimate of drug-likeness (QED) is 0.580. The highest BCUT2D eigenvalue weighted by Gasteiger charge is 2.15. The van der Waals surface area contributed by atoms with Crippen molar-refractivity contribution in [3.05, 3.63) is 0 Å². The number of rotatable bonds is 6. The average molecular weight is 222 g/mol. The third-order valence-electron chi connectivity index (χ3n) is 1.23. The lowest BCUT2D eigenvalue weighted by Gasteiger charge is -2.09. The molecule has 0 aliphatic carbocycles. The molecule has 0 aromatic heterocycles. The Kier molecular flexibility index (Phi) is 5.32. The number of carbonyl (C=O) groups excluding carboxylic acids is 2. The third-order valence-corrected chi connectivity index (χ3v) is 1.81. The van der Waals surface area contributed by atoms with Gasteiger partial charge in [-0.15, -0.1) is 0 Å². The second-order valence-electron chi connectivity index (χ2n) is 2.56. The van der Waals surface area contributed by atoms with Crippen LogP contribution in [-0.2, 0) is 23.9 Å². The SMILES string of the molecule is CCC(=O)NCC([C]=O)OS(C)(=O)=O. The second kappa shape index (κ2) is 5.71. The van der Waals surface area contributed by atoms with E-state index in [0.717, 1.165) is 6.26 Å². The Morgan fingerprint density at radius 2 is 2.14 bits per heavy atom. The van der Waals surface area contributed by atoms with Gasteiger partial charge in [-0.3, -0.25) is 13.8 Å².